The summed E-state index contributed by atoms with van der Waals surface area (Å²) < 4.78 is 4.97. The average Bonchev–Trinajstić information content (AvgIpc) is 3.35. The molecule has 2 atom stereocenters. The van der Waals surface area contributed by atoms with Crippen LogP contribution in [0.3, 0.4) is 0 Å². The number of amides is 1. The fraction of sp³-hybridized carbons (Fsp3) is 0.333. The number of fused-ring (bicyclic) bond motifs is 1. The number of aromatic amines is 1. The van der Waals surface area contributed by atoms with Crippen LogP contribution in [0.5, 0.6) is 0 Å². The molecule has 1 aliphatic heterocycles. The molecule has 0 unspecified atom stereocenters. The van der Waals surface area contributed by atoms with Gasteiger partial charge in [-0.05, 0) is 44.0 Å². The second kappa shape index (κ2) is 8.73. The molecule has 0 radical (unpaired) electrons. The maximum Gasteiger partial charge on any atom is 0.323 e. The highest BCUT2D eigenvalue weighted by Gasteiger charge is 2.39. The molecule has 31 heavy (non-hydrogen) atoms. The maximum atomic E-state index is 13.4. The Morgan fingerprint density at radius 3 is 2.61 bits per heavy atom. The summed E-state index contributed by atoms with van der Waals surface area (Å²) in [6.45, 7) is 4.67. The summed E-state index contributed by atoms with van der Waals surface area (Å²) in [4.78, 5) is 30.9. The number of hydrogen-bond acceptors (Lipinski definition) is 4. The first kappa shape index (κ1) is 21.4. The zero-order valence-electron chi connectivity index (χ0n) is 17.8. The van der Waals surface area contributed by atoms with E-state index in [2.05, 4.69) is 15.2 Å². The minimum Gasteiger partial charge on any atom is -0.468 e. The largest absolute Gasteiger partial charge is 0.468 e. The van der Waals surface area contributed by atoms with Gasteiger partial charge in [0.1, 0.15) is 11.7 Å². The third-order valence-corrected chi connectivity index (χ3v) is 6.10. The van der Waals surface area contributed by atoms with E-state index in [-0.39, 0.29) is 30.0 Å². The fourth-order valence-corrected chi connectivity index (χ4v) is 4.57. The number of carbonyl (C=O) groups is 2. The third-order valence-electron chi connectivity index (χ3n) is 5.86. The molecule has 2 aromatic carbocycles. The molecule has 0 spiro atoms. The smallest absolute Gasteiger partial charge is 0.323 e. The van der Waals surface area contributed by atoms with Crippen molar-refractivity contribution in [2.45, 2.75) is 38.4 Å². The lowest BCUT2D eigenvalue weighted by molar-refractivity contribution is -0.146. The molecular formula is C24H26ClN3O3. The lowest BCUT2D eigenvalue weighted by atomic mass is 10.0. The van der Waals surface area contributed by atoms with Gasteiger partial charge in [0.25, 0.3) is 5.91 Å². The molecule has 7 heteroatoms. The van der Waals surface area contributed by atoms with Crippen LogP contribution >= 0.6 is 11.6 Å². The molecule has 1 fully saturated rings. The quantitative estimate of drug-likeness (QED) is 0.583. The molecule has 0 saturated carbocycles. The third kappa shape index (κ3) is 4.18. The minimum absolute atomic E-state index is 0.155. The first-order valence-electron chi connectivity index (χ1n) is 10.4. The molecule has 0 aliphatic carbocycles. The van der Waals surface area contributed by atoms with Gasteiger partial charge in [-0.2, -0.15) is 0 Å². The Bertz CT molecular complexity index is 1110. The SMILES string of the molecule is COC(=O)[C@@H]1C[C@@H](NC(=O)c2[nH]c3ccc(Cl)cc3c2-c2ccccc2)CN1C(C)C. The number of rotatable bonds is 5. The molecule has 3 aromatic rings. The summed E-state index contributed by atoms with van der Waals surface area (Å²) in [7, 11) is 1.40. The van der Waals surface area contributed by atoms with Gasteiger partial charge < -0.3 is 15.0 Å². The van der Waals surface area contributed by atoms with E-state index in [1.807, 2.05) is 56.3 Å². The molecule has 1 saturated heterocycles. The number of H-pyrrole nitrogens is 1. The van der Waals surface area contributed by atoms with Crippen molar-refractivity contribution in [3.05, 3.63) is 59.2 Å². The molecule has 162 valence electrons. The van der Waals surface area contributed by atoms with Crippen LogP contribution in [-0.2, 0) is 9.53 Å². The summed E-state index contributed by atoms with van der Waals surface area (Å²) >= 11 is 6.25. The van der Waals surface area contributed by atoms with Crippen molar-refractivity contribution in [3.63, 3.8) is 0 Å². The van der Waals surface area contributed by atoms with Crippen LogP contribution in [0.15, 0.2) is 48.5 Å². The summed E-state index contributed by atoms with van der Waals surface area (Å²) in [5, 5.41) is 4.63. The highest BCUT2D eigenvalue weighted by atomic mass is 35.5. The van der Waals surface area contributed by atoms with Crippen LogP contribution in [0.4, 0.5) is 0 Å². The van der Waals surface area contributed by atoms with Crippen LogP contribution in [0.25, 0.3) is 22.0 Å². The van der Waals surface area contributed by atoms with Crippen LogP contribution < -0.4 is 5.32 Å². The van der Waals surface area contributed by atoms with E-state index in [9.17, 15) is 9.59 Å². The van der Waals surface area contributed by atoms with Crippen molar-refractivity contribution in [1.82, 2.24) is 15.2 Å². The van der Waals surface area contributed by atoms with E-state index < -0.39 is 0 Å². The molecule has 1 aromatic heterocycles. The van der Waals surface area contributed by atoms with Crippen molar-refractivity contribution in [1.29, 1.82) is 0 Å². The topological polar surface area (TPSA) is 74.4 Å². The number of halogens is 1. The molecule has 2 N–H and O–H groups in total. The standard InChI is InChI=1S/C24H26ClN3O3/c1-14(2)28-13-17(12-20(28)24(30)31-3)26-23(29)22-21(15-7-5-4-6-8-15)18-11-16(25)9-10-19(18)27-22/h4-11,14,17,20,27H,12-13H2,1-3H3,(H,26,29)/t17-,20+/m1/s1. The van der Waals surface area contributed by atoms with Crippen LogP contribution in [-0.4, -0.2) is 53.5 Å². The van der Waals surface area contributed by atoms with E-state index in [0.717, 1.165) is 22.0 Å². The van der Waals surface area contributed by atoms with Crippen LogP contribution in [0, 0.1) is 0 Å². The number of ether oxygens (including phenoxy) is 1. The Kier molecular flexibility index (Phi) is 6.03. The van der Waals surface area contributed by atoms with E-state index in [4.69, 9.17) is 16.3 Å². The second-order valence-electron chi connectivity index (χ2n) is 8.17. The average molecular weight is 440 g/mol. The lowest BCUT2D eigenvalue weighted by Gasteiger charge is -2.25. The van der Waals surface area contributed by atoms with E-state index >= 15 is 0 Å². The van der Waals surface area contributed by atoms with Gasteiger partial charge in [-0.25, -0.2) is 0 Å². The minimum atomic E-state index is -0.356. The molecule has 0 bridgehead atoms. The monoisotopic (exact) mass is 439 g/mol. The molecule has 2 heterocycles. The molecule has 6 nitrogen and oxygen atoms in total. The number of esters is 1. The Balaban J connectivity index is 1.66. The first-order chi connectivity index (χ1) is 14.9. The Morgan fingerprint density at radius 2 is 1.94 bits per heavy atom. The first-order valence-corrected chi connectivity index (χ1v) is 10.8. The van der Waals surface area contributed by atoms with Crippen LogP contribution in [0.1, 0.15) is 30.8 Å². The van der Waals surface area contributed by atoms with Crippen LogP contribution in [0.2, 0.25) is 5.02 Å². The highest BCUT2D eigenvalue weighted by Crippen LogP contribution is 2.34. The fourth-order valence-electron chi connectivity index (χ4n) is 4.40. The van der Waals surface area contributed by atoms with Gasteiger partial charge in [0, 0.05) is 40.1 Å². The number of carbonyl (C=O) groups excluding carboxylic acids is 2. The predicted octanol–water partition coefficient (Wildman–Crippen LogP) is 4.24. The summed E-state index contributed by atoms with van der Waals surface area (Å²) in [5.74, 6) is -0.471. The Morgan fingerprint density at radius 1 is 1.19 bits per heavy atom. The normalized spacial score (nSPS) is 19.1. The number of hydrogen-bond donors (Lipinski definition) is 2. The van der Waals surface area contributed by atoms with Gasteiger partial charge in [-0.3, -0.25) is 14.5 Å². The second-order valence-corrected chi connectivity index (χ2v) is 8.60. The van der Waals surface area contributed by atoms with Crippen molar-refractivity contribution in [3.8, 4) is 11.1 Å². The number of nitrogens with one attached hydrogen (secondary N) is 2. The van der Waals surface area contributed by atoms with Gasteiger partial charge in [-0.1, -0.05) is 41.9 Å². The number of benzene rings is 2. The lowest BCUT2D eigenvalue weighted by Crippen LogP contribution is -2.42. The number of aromatic nitrogens is 1. The maximum absolute atomic E-state index is 13.4. The van der Waals surface area contributed by atoms with E-state index in [0.29, 0.717) is 23.7 Å². The zero-order valence-corrected chi connectivity index (χ0v) is 18.6. The molecule has 1 aliphatic rings. The van der Waals surface area contributed by atoms with Crippen molar-refractivity contribution >= 4 is 34.4 Å². The van der Waals surface area contributed by atoms with Crippen molar-refractivity contribution in [2.24, 2.45) is 0 Å². The molecule has 1 amide bonds. The summed E-state index contributed by atoms with van der Waals surface area (Å²) in [6, 6.07) is 15.0. The van der Waals surface area contributed by atoms with Crippen molar-refractivity contribution < 1.29 is 14.3 Å². The van der Waals surface area contributed by atoms with Crippen molar-refractivity contribution in [2.75, 3.05) is 13.7 Å². The van der Waals surface area contributed by atoms with E-state index in [1.165, 1.54) is 7.11 Å². The summed E-state index contributed by atoms with van der Waals surface area (Å²) in [5.41, 5.74) is 3.08. The van der Waals surface area contributed by atoms with Gasteiger partial charge in [0.2, 0.25) is 0 Å². The van der Waals surface area contributed by atoms with Gasteiger partial charge in [0.05, 0.1) is 7.11 Å². The Labute approximate surface area is 186 Å². The zero-order chi connectivity index (χ0) is 22.1. The van der Waals surface area contributed by atoms with Gasteiger partial charge in [0.15, 0.2) is 0 Å². The van der Waals surface area contributed by atoms with Gasteiger partial charge in [-0.15, -0.1) is 0 Å². The number of nitrogens with zero attached hydrogens (tertiary/aromatic N) is 1. The van der Waals surface area contributed by atoms with E-state index in [1.54, 1.807) is 6.07 Å². The Hall–Kier alpha value is -2.83. The number of methoxy groups -OCH3 is 1. The number of likely N-dealkylation sites (tertiary alicyclic amines) is 1. The highest BCUT2D eigenvalue weighted by molar-refractivity contribution is 6.31. The molecular weight excluding hydrogens is 414 g/mol. The summed E-state index contributed by atoms with van der Waals surface area (Å²) in [6.07, 6.45) is 0.517. The predicted molar refractivity (Wildman–Crippen MR) is 122 cm³/mol. The molecule has 4 rings (SSSR count). The van der Waals surface area contributed by atoms with Gasteiger partial charge >= 0.3 is 5.97 Å².